The number of hydrogen-bond donors (Lipinski definition) is 0. The SMILES string of the molecule is C1CCCCC(C2CCCCCCCC2)CCC1.COC. The molecule has 0 bridgehead atoms. The second kappa shape index (κ2) is 13.6. The summed E-state index contributed by atoms with van der Waals surface area (Å²) >= 11 is 0. The topological polar surface area (TPSA) is 9.23 Å². The first kappa shape index (κ1) is 19.0. The summed E-state index contributed by atoms with van der Waals surface area (Å²) in [6.45, 7) is 0. The van der Waals surface area contributed by atoms with Crippen molar-refractivity contribution in [3.63, 3.8) is 0 Å². The van der Waals surface area contributed by atoms with E-state index in [1.807, 2.05) is 0 Å². The summed E-state index contributed by atoms with van der Waals surface area (Å²) in [6.07, 6.45) is 24.5. The molecule has 2 rings (SSSR count). The highest BCUT2D eigenvalue weighted by Crippen LogP contribution is 2.35. The van der Waals surface area contributed by atoms with Crippen LogP contribution in [0.4, 0.5) is 0 Å². The molecule has 126 valence electrons. The lowest BCUT2D eigenvalue weighted by Crippen LogP contribution is -2.15. The van der Waals surface area contributed by atoms with Gasteiger partial charge in [0.25, 0.3) is 0 Å². The lowest BCUT2D eigenvalue weighted by Gasteiger charge is -2.27. The molecule has 0 aromatic carbocycles. The van der Waals surface area contributed by atoms with Crippen LogP contribution in [0.5, 0.6) is 0 Å². The highest BCUT2D eigenvalue weighted by atomic mass is 16.4. The van der Waals surface area contributed by atoms with Crippen molar-refractivity contribution in [3.05, 3.63) is 0 Å². The minimum absolute atomic E-state index is 1.10. The smallest absolute Gasteiger partial charge is 0.0351 e. The van der Waals surface area contributed by atoms with Crippen LogP contribution in [-0.4, -0.2) is 14.2 Å². The predicted octanol–water partition coefficient (Wildman–Crippen LogP) is 6.75. The Hall–Kier alpha value is -0.0400. The molecule has 21 heavy (non-hydrogen) atoms. The molecule has 0 heterocycles. The Balaban J connectivity index is 0.000000677. The highest BCUT2D eigenvalue weighted by molar-refractivity contribution is 4.73. The molecule has 0 unspecified atom stereocenters. The zero-order valence-corrected chi connectivity index (χ0v) is 14.9. The summed E-state index contributed by atoms with van der Waals surface area (Å²) in [7, 11) is 3.25. The fourth-order valence-corrected chi connectivity index (χ4v) is 4.27. The van der Waals surface area contributed by atoms with E-state index in [1.54, 1.807) is 39.9 Å². The quantitative estimate of drug-likeness (QED) is 0.520. The second-order valence-corrected chi connectivity index (χ2v) is 7.33. The molecule has 1 nitrogen and oxygen atoms in total. The van der Waals surface area contributed by atoms with Gasteiger partial charge in [-0.05, 0) is 11.8 Å². The van der Waals surface area contributed by atoms with Crippen molar-refractivity contribution < 1.29 is 4.74 Å². The number of ether oxygens (including phenoxy) is 1. The predicted molar refractivity (Wildman–Crippen MR) is 93.8 cm³/mol. The molecular weight excluding hydrogens is 256 g/mol. The van der Waals surface area contributed by atoms with Crippen molar-refractivity contribution in [3.8, 4) is 0 Å². The van der Waals surface area contributed by atoms with Crippen molar-refractivity contribution >= 4 is 0 Å². The van der Waals surface area contributed by atoms with E-state index in [9.17, 15) is 0 Å². The lowest BCUT2D eigenvalue weighted by molar-refractivity contribution is 0.247. The van der Waals surface area contributed by atoms with E-state index in [-0.39, 0.29) is 0 Å². The fourth-order valence-electron chi connectivity index (χ4n) is 4.27. The van der Waals surface area contributed by atoms with E-state index in [4.69, 9.17) is 0 Å². The molecule has 0 radical (unpaired) electrons. The Morgan fingerprint density at radius 2 is 0.619 bits per heavy atom. The van der Waals surface area contributed by atoms with Gasteiger partial charge in [0.15, 0.2) is 0 Å². The van der Waals surface area contributed by atoms with Gasteiger partial charge >= 0.3 is 0 Å². The van der Waals surface area contributed by atoms with E-state index >= 15 is 0 Å². The normalized spacial score (nSPS) is 24.3. The zero-order valence-electron chi connectivity index (χ0n) is 14.9. The molecular formula is C20H40O. The van der Waals surface area contributed by atoms with Gasteiger partial charge in [-0.2, -0.15) is 0 Å². The van der Waals surface area contributed by atoms with Crippen molar-refractivity contribution in [1.82, 2.24) is 0 Å². The van der Waals surface area contributed by atoms with Crippen LogP contribution in [-0.2, 0) is 4.74 Å². The molecule has 1 heteroatoms. The molecule has 0 N–H and O–H groups in total. The van der Waals surface area contributed by atoms with E-state index < -0.39 is 0 Å². The first-order valence-electron chi connectivity index (χ1n) is 9.78. The van der Waals surface area contributed by atoms with Crippen molar-refractivity contribution in [2.24, 2.45) is 11.8 Å². The van der Waals surface area contributed by atoms with Gasteiger partial charge in [-0.3, -0.25) is 0 Å². The van der Waals surface area contributed by atoms with E-state index in [0.29, 0.717) is 0 Å². The first-order chi connectivity index (χ1) is 10.4. The van der Waals surface area contributed by atoms with Crippen molar-refractivity contribution in [2.45, 2.75) is 103 Å². The maximum Gasteiger partial charge on any atom is 0.0351 e. The maximum absolute atomic E-state index is 4.25. The molecule has 2 aliphatic carbocycles. The van der Waals surface area contributed by atoms with Crippen LogP contribution in [0.2, 0.25) is 0 Å². The molecule has 0 aromatic rings. The molecule has 2 aliphatic rings. The Kier molecular flexibility index (Phi) is 12.3. The second-order valence-electron chi connectivity index (χ2n) is 7.33. The molecule has 0 spiro atoms. The van der Waals surface area contributed by atoms with Gasteiger partial charge in [-0.25, -0.2) is 0 Å². The Morgan fingerprint density at radius 1 is 0.429 bits per heavy atom. The fraction of sp³-hybridized carbons (Fsp3) is 1.00. The Bertz CT molecular complexity index is 172. The van der Waals surface area contributed by atoms with Gasteiger partial charge < -0.3 is 4.74 Å². The zero-order chi connectivity index (χ0) is 15.2. The summed E-state index contributed by atoms with van der Waals surface area (Å²) in [4.78, 5) is 0. The van der Waals surface area contributed by atoms with Crippen LogP contribution < -0.4 is 0 Å². The van der Waals surface area contributed by atoms with Gasteiger partial charge in [0.2, 0.25) is 0 Å². The average molecular weight is 297 g/mol. The van der Waals surface area contributed by atoms with Crippen LogP contribution >= 0.6 is 0 Å². The largest absolute Gasteiger partial charge is 0.388 e. The third-order valence-electron chi connectivity index (χ3n) is 5.47. The number of rotatable bonds is 1. The Morgan fingerprint density at radius 3 is 0.857 bits per heavy atom. The van der Waals surface area contributed by atoms with Crippen LogP contribution in [0, 0.1) is 11.8 Å². The molecule has 0 saturated heterocycles. The van der Waals surface area contributed by atoms with Gasteiger partial charge in [-0.15, -0.1) is 0 Å². The standard InChI is InChI=1S/C18H34.C2H6O/c1-2-6-10-14-17(13-9-5-1)18-15-11-7-3-4-8-12-16-18;1-3-2/h17-18H,1-16H2;1-2H3. The summed E-state index contributed by atoms with van der Waals surface area (Å²) in [5.41, 5.74) is 0. The number of methoxy groups -OCH3 is 1. The van der Waals surface area contributed by atoms with Gasteiger partial charge in [0.1, 0.15) is 0 Å². The molecule has 2 saturated carbocycles. The minimum atomic E-state index is 1.10. The monoisotopic (exact) mass is 296 g/mol. The summed E-state index contributed by atoms with van der Waals surface area (Å²) in [5, 5.41) is 0. The molecule has 0 aromatic heterocycles. The van der Waals surface area contributed by atoms with Crippen LogP contribution in [0.25, 0.3) is 0 Å². The van der Waals surface area contributed by atoms with E-state index in [0.717, 1.165) is 11.8 Å². The van der Waals surface area contributed by atoms with Crippen molar-refractivity contribution in [2.75, 3.05) is 14.2 Å². The third kappa shape index (κ3) is 9.55. The highest BCUT2D eigenvalue weighted by Gasteiger charge is 2.21. The lowest BCUT2D eigenvalue weighted by atomic mass is 9.79. The van der Waals surface area contributed by atoms with Crippen LogP contribution in [0.3, 0.4) is 0 Å². The molecule has 0 atom stereocenters. The molecule has 0 aliphatic heterocycles. The number of hydrogen-bond acceptors (Lipinski definition) is 1. The Labute approximate surface area is 134 Å². The van der Waals surface area contributed by atoms with Gasteiger partial charge in [0.05, 0.1) is 0 Å². The first-order valence-corrected chi connectivity index (χ1v) is 9.78. The van der Waals surface area contributed by atoms with Crippen LogP contribution in [0.1, 0.15) is 103 Å². The molecule has 2 fully saturated rings. The van der Waals surface area contributed by atoms with E-state index in [2.05, 4.69) is 4.74 Å². The molecule has 0 amide bonds. The average Bonchev–Trinajstić information content (AvgIpc) is 2.70. The van der Waals surface area contributed by atoms with E-state index in [1.165, 1.54) is 77.0 Å². The van der Waals surface area contributed by atoms with Gasteiger partial charge in [0, 0.05) is 14.2 Å². The van der Waals surface area contributed by atoms with Crippen molar-refractivity contribution in [1.29, 1.82) is 0 Å². The third-order valence-corrected chi connectivity index (χ3v) is 5.47. The summed E-state index contributed by atoms with van der Waals surface area (Å²) < 4.78 is 4.25. The van der Waals surface area contributed by atoms with Gasteiger partial charge in [-0.1, -0.05) is 103 Å². The minimum Gasteiger partial charge on any atom is -0.388 e. The maximum atomic E-state index is 4.25. The summed E-state index contributed by atoms with van der Waals surface area (Å²) in [6, 6.07) is 0. The summed E-state index contributed by atoms with van der Waals surface area (Å²) in [5.74, 6) is 2.20. The van der Waals surface area contributed by atoms with Crippen LogP contribution in [0.15, 0.2) is 0 Å².